The van der Waals surface area contributed by atoms with Gasteiger partial charge in [0.2, 0.25) is 0 Å². The van der Waals surface area contributed by atoms with Crippen LogP contribution in [0.1, 0.15) is 21.7 Å². The van der Waals surface area contributed by atoms with Crippen LogP contribution in [0.4, 0.5) is 5.69 Å². The van der Waals surface area contributed by atoms with E-state index in [4.69, 9.17) is 11.6 Å². The van der Waals surface area contributed by atoms with Gasteiger partial charge in [-0.3, -0.25) is 4.79 Å². The molecule has 5 nitrogen and oxygen atoms in total. The van der Waals surface area contributed by atoms with Crippen LogP contribution in [0.2, 0.25) is 5.02 Å². The number of anilines is 1. The Morgan fingerprint density at radius 1 is 1.17 bits per heavy atom. The van der Waals surface area contributed by atoms with Crippen molar-refractivity contribution >= 4 is 23.2 Å². The molecule has 1 amide bonds. The van der Waals surface area contributed by atoms with Crippen molar-refractivity contribution in [1.82, 2.24) is 14.8 Å². The number of amides is 1. The summed E-state index contributed by atoms with van der Waals surface area (Å²) in [6.45, 7) is 3.90. The topological polar surface area (TPSA) is 59.8 Å². The van der Waals surface area contributed by atoms with E-state index in [9.17, 15) is 4.79 Å². The Morgan fingerprint density at radius 3 is 2.57 bits per heavy atom. The molecular formula is C17H15ClN4O. The largest absolute Gasteiger partial charge is 0.321 e. The van der Waals surface area contributed by atoms with E-state index in [1.54, 1.807) is 41.2 Å². The van der Waals surface area contributed by atoms with Crippen LogP contribution in [0.5, 0.6) is 0 Å². The number of benzene rings is 1. The summed E-state index contributed by atoms with van der Waals surface area (Å²) < 4.78 is 1.76. The molecule has 0 aliphatic heterocycles. The highest BCUT2D eigenvalue weighted by Crippen LogP contribution is 2.18. The van der Waals surface area contributed by atoms with Crippen LogP contribution >= 0.6 is 11.6 Å². The first kappa shape index (κ1) is 15.2. The van der Waals surface area contributed by atoms with E-state index >= 15 is 0 Å². The average molecular weight is 327 g/mol. The lowest BCUT2D eigenvalue weighted by molar-refractivity contribution is 0.102. The fourth-order valence-electron chi connectivity index (χ4n) is 2.29. The van der Waals surface area contributed by atoms with Gasteiger partial charge >= 0.3 is 0 Å². The number of halogens is 1. The zero-order chi connectivity index (χ0) is 16.4. The molecule has 3 aromatic rings. The summed E-state index contributed by atoms with van der Waals surface area (Å²) in [5.74, 6) is 0.433. The van der Waals surface area contributed by atoms with E-state index in [0.717, 1.165) is 11.4 Å². The zero-order valence-electron chi connectivity index (χ0n) is 12.7. The number of hydrogen-bond acceptors (Lipinski definition) is 3. The van der Waals surface area contributed by atoms with Crippen LogP contribution in [-0.4, -0.2) is 20.7 Å². The lowest BCUT2D eigenvalue weighted by Crippen LogP contribution is -2.13. The third-order valence-corrected chi connectivity index (χ3v) is 3.68. The van der Waals surface area contributed by atoms with E-state index in [0.29, 0.717) is 22.1 Å². The molecule has 0 saturated carbocycles. The van der Waals surface area contributed by atoms with Gasteiger partial charge in [-0.25, -0.2) is 9.67 Å². The number of nitrogens with zero attached hydrogens (tertiary/aromatic N) is 3. The summed E-state index contributed by atoms with van der Waals surface area (Å²) in [6, 6.07) is 12.5. The van der Waals surface area contributed by atoms with Crippen LogP contribution in [0.15, 0.2) is 48.7 Å². The Kier molecular flexibility index (Phi) is 4.12. The predicted octanol–water partition coefficient (Wildman–Crippen LogP) is 3.79. The molecule has 3 rings (SSSR count). The molecule has 2 heterocycles. The summed E-state index contributed by atoms with van der Waals surface area (Å²) in [5, 5.41) is 7.58. The Hall–Kier alpha value is -2.66. The molecule has 0 atom stereocenters. The molecule has 0 saturated heterocycles. The van der Waals surface area contributed by atoms with Gasteiger partial charge in [0.15, 0.2) is 5.82 Å². The van der Waals surface area contributed by atoms with Crippen LogP contribution < -0.4 is 5.32 Å². The van der Waals surface area contributed by atoms with Gasteiger partial charge in [0, 0.05) is 5.69 Å². The van der Waals surface area contributed by atoms with Gasteiger partial charge in [-0.2, -0.15) is 5.10 Å². The summed E-state index contributed by atoms with van der Waals surface area (Å²) >= 11 is 6.02. The zero-order valence-corrected chi connectivity index (χ0v) is 13.5. The molecule has 23 heavy (non-hydrogen) atoms. The number of aromatic nitrogens is 3. The maximum Gasteiger partial charge on any atom is 0.257 e. The Balaban J connectivity index is 1.79. The summed E-state index contributed by atoms with van der Waals surface area (Å²) in [4.78, 5) is 16.6. The highest BCUT2D eigenvalue weighted by molar-refractivity contribution is 6.34. The maximum atomic E-state index is 12.2. The number of nitrogens with one attached hydrogen (secondary N) is 1. The fourth-order valence-corrected chi connectivity index (χ4v) is 2.51. The molecule has 0 fully saturated rings. The van der Waals surface area contributed by atoms with Crippen molar-refractivity contribution in [2.24, 2.45) is 0 Å². The van der Waals surface area contributed by atoms with E-state index in [2.05, 4.69) is 15.4 Å². The minimum absolute atomic E-state index is 0.267. The van der Waals surface area contributed by atoms with Gasteiger partial charge in [-0.1, -0.05) is 23.7 Å². The minimum atomic E-state index is -0.267. The van der Waals surface area contributed by atoms with Gasteiger partial charge in [0.1, 0.15) is 0 Å². The molecule has 2 aromatic heterocycles. The van der Waals surface area contributed by atoms with Crippen LogP contribution in [0, 0.1) is 13.8 Å². The van der Waals surface area contributed by atoms with Crippen LogP contribution in [0.3, 0.4) is 0 Å². The van der Waals surface area contributed by atoms with Gasteiger partial charge < -0.3 is 5.32 Å². The third-order valence-electron chi connectivity index (χ3n) is 3.35. The Morgan fingerprint density at radius 2 is 1.96 bits per heavy atom. The molecule has 0 aliphatic rings. The minimum Gasteiger partial charge on any atom is -0.321 e. The number of aryl methyl sites for hydroxylation is 2. The lowest BCUT2D eigenvalue weighted by atomic mass is 10.2. The highest BCUT2D eigenvalue weighted by Gasteiger charge is 2.10. The third kappa shape index (κ3) is 3.24. The number of hydrogen-bond donors (Lipinski definition) is 1. The van der Waals surface area contributed by atoms with Gasteiger partial charge in [-0.15, -0.1) is 0 Å². The summed E-state index contributed by atoms with van der Waals surface area (Å²) in [6.07, 6.45) is 1.60. The highest BCUT2D eigenvalue weighted by atomic mass is 35.5. The molecule has 0 unspecified atom stereocenters. The Bertz CT molecular complexity index is 855. The quantitative estimate of drug-likeness (QED) is 0.796. The van der Waals surface area contributed by atoms with E-state index in [1.165, 1.54) is 0 Å². The monoisotopic (exact) mass is 326 g/mol. The molecule has 0 bridgehead atoms. The second kappa shape index (κ2) is 6.22. The van der Waals surface area contributed by atoms with Gasteiger partial charge in [0.25, 0.3) is 5.91 Å². The second-order valence-corrected chi connectivity index (χ2v) is 5.59. The van der Waals surface area contributed by atoms with Crippen molar-refractivity contribution in [2.75, 3.05) is 5.32 Å². The molecule has 1 aromatic carbocycles. The smallest absolute Gasteiger partial charge is 0.257 e. The van der Waals surface area contributed by atoms with Crippen LogP contribution in [0.25, 0.3) is 5.82 Å². The SMILES string of the molecule is Cc1cc(C)n(-c2ccc(NC(=O)c3ccccc3Cl)cn2)n1. The molecule has 1 N–H and O–H groups in total. The van der Waals surface area contributed by atoms with Crippen molar-refractivity contribution < 1.29 is 4.79 Å². The maximum absolute atomic E-state index is 12.2. The van der Waals surface area contributed by atoms with Gasteiger partial charge in [0.05, 0.1) is 28.2 Å². The molecule has 0 spiro atoms. The van der Waals surface area contributed by atoms with Crippen molar-refractivity contribution in [3.8, 4) is 5.82 Å². The van der Waals surface area contributed by atoms with E-state index < -0.39 is 0 Å². The number of rotatable bonds is 3. The second-order valence-electron chi connectivity index (χ2n) is 5.18. The predicted molar refractivity (Wildman–Crippen MR) is 90.2 cm³/mol. The molecule has 0 radical (unpaired) electrons. The Labute approximate surface area is 138 Å². The van der Waals surface area contributed by atoms with Crippen molar-refractivity contribution in [1.29, 1.82) is 0 Å². The molecule has 116 valence electrons. The standard InChI is InChI=1S/C17H15ClN4O/c1-11-9-12(2)22(21-11)16-8-7-13(10-19-16)20-17(23)14-5-3-4-6-15(14)18/h3-10H,1-2H3,(H,20,23). The number of pyridine rings is 1. The van der Waals surface area contributed by atoms with Crippen molar-refractivity contribution in [3.05, 3.63) is 70.6 Å². The number of carbonyl (C=O) groups excluding carboxylic acids is 1. The fraction of sp³-hybridized carbons (Fsp3) is 0.118. The lowest BCUT2D eigenvalue weighted by Gasteiger charge is -2.08. The first-order valence-corrected chi connectivity index (χ1v) is 7.48. The van der Waals surface area contributed by atoms with E-state index in [-0.39, 0.29) is 5.91 Å². The van der Waals surface area contributed by atoms with Gasteiger partial charge in [-0.05, 0) is 44.2 Å². The normalized spacial score (nSPS) is 10.6. The first-order valence-electron chi connectivity index (χ1n) is 7.10. The molecular weight excluding hydrogens is 312 g/mol. The molecule has 6 heteroatoms. The number of carbonyl (C=O) groups is 1. The average Bonchev–Trinajstić information content (AvgIpc) is 2.87. The van der Waals surface area contributed by atoms with Crippen molar-refractivity contribution in [3.63, 3.8) is 0 Å². The first-order chi connectivity index (χ1) is 11.0. The summed E-state index contributed by atoms with van der Waals surface area (Å²) in [7, 11) is 0. The van der Waals surface area contributed by atoms with Crippen LogP contribution in [-0.2, 0) is 0 Å². The summed E-state index contributed by atoms with van der Waals surface area (Å²) in [5.41, 5.74) is 2.96. The van der Waals surface area contributed by atoms with E-state index in [1.807, 2.05) is 26.0 Å². The molecule has 0 aliphatic carbocycles. The van der Waals surface area contributed by atoms with Crippen molar-refractivity contribution in [2.45, 2.75) is 13.8 Å².